The maximum atomic E-state index is 12.5. The molecule has 0 saturated carbocycles. The summed E-state index contributed by atoms with van der Waals surface area (Å²) in [7, 11) is 0. The monoisotopic (exact) mass is 439 g/mol. The van der Waals surface area contributed by atoms with Crippen molar-refractivity contribution in [2.24, 2.45) is 0 Å². The summed E-state index contributed by atoms with van der Waals surface area (Å²) in [5, 5.41) is 6.40. The molecular weight excluding hydrogens is 414 g/mol. The second-order valence-corrected chi connectivity index (χ2v) is 8.40. The smallest absolute Gasteiger partial charge is 0.291 e. The molecule has 2 amide bonds. The van der Waals surface area contributed by atoms with Crippen molar-refractivity contribution in [2.75, 3.05) is 25.0 Å². The zero-order valence-electron chi connectivity index (χ0n) is 17.5. The number of halogens is 1. The topological polar surface area (TPSA) is 70.7 Å². The molecule has 2 aliphatic rings. The Labute approximate surface area is 187 Å². The zero-order valence-corrected chi connectivity index (χ0v) is 18.2. The normalized spacial score (nSPS) is 18.3. The molecular formula is C24H26ClN3O3. The first kappa shape index (κ1) is 21.4. The number of hydrogen-bond acceptors (Lipinski definition) is 4. The van der Waals surface area contributed by atoms with Crippen LogP contribution in [0.15, 0.2) is 48.2 Å². The summed E-state index contributed by atoms with van der Waals surface area (Å²) in [4.78, 5) is 27.5. The van der Waals surface area contributed by atoms with Crippen molar-refractivity contribution >= 4 is 35.2 Å². The number of nitrogens with zero attached hydrogens (tertiary/aromatic N) is 1. The van der Waals surface area contributed by atoms with E-state index < -0.39 is 0 Å². The van der Waals surface area contributed by atoms with Crippen molar-refractivity contribution in [2.45, 2.75) is 32.2 Å². The average Bonchev–Trinajstić information content (AvgIpc) is 3.30. The molecule has 2 N–H and O–H groups in total. The summed E-state index contributed by atoms with van der Waals surface area (Å²) in [6.07, 6.45) is 5.08. The van der Waals surface area contributed by atoms with Gasteiger partial charge in [-0.25, -0.2) is 0 Å². The van der Waals surface area contributed by atoms with Gasteiger partial charge in [-0.1, -0.05) is 23.7 Å². The number of carbonyl (C=O) groups excluding carboxylic acids is 2. The van der Waals surface area contributed by atoms with Gasteiger partial charge in [-0.15, -0.1) is 0 Å². The molecule has 0 bridgehead atoms. The fraction of sp³-hybridized carbons (Fsp3) is 0.333. The molecule has 2 aromatic rings. The Morgan fingerprint density at radius 3 is 2.71 bits per heavy atom. The lowest BCUT2D eigenvalue weighted by molar-refractivity contribution is -0.115. The summed E-state index contributed by atoms with van der Waals surface area (Å²) < 4.78 is 5.76. The SMILES string of the molecule is C[C@@H](CCNC(=O)c1ccc2c(c1)NC(=O)/C(=C\c1ccc(Cl)cc1)O2)N1CCCC1. The summed E-state index contributed by atoms with van der Waals surface area (Å²) in [5.41, 5.74) is 1.77. The average molecular weight is 440 g/mol. The molecule has 0 spiro atoms. The van der Waals surface area contributed by atoms with Crippen LogP contribution in [0.4, 0.5) is 5.69 Å². The van der Waals surface area contributed by atoms with E-state index >= 15 is 0 Å². The van der Waals surface area contributed by atoms with Crippen LogP contribution in [0.25, 0.3) is 6.08 Å². The fourth-order valence-electron chi connectivity index (χ4n) is 3.87. The molecule has 7 heteroatoms. The lowest BCUT2D eigenvalue weighted by atomic mass is 10.1. The summed E-state index contributed by atoms with van der Waals surface area (Å²) in [5.74, 6) is 0.162. The van der Waals surface area contributed by atoms with Gasteiger partial charge in [-0.2, -0.15) is 0 Å². The number of carbonyl (C=O) groups is 2. The van der Waals surface area contributed by atoms with Crippen molar-refractivity contribution in [3.8, 4) is 5.75 Å². The van der Waals surface area contributed by atoms with Crippen molar-refractivity contribution in [3.63, 3.8) is 0 Å². The van der Waals surface area contributed by atoms with E-state index in [-0.39, 0.29) is 17.6 Å². The largest absolute Gasteiger partial charge is 0.449 e. The number of hydrogen-bond donors (Lipinski definition) is 2. The maximum Gasteiger partial charge on any atom is 0.291 e. The Kier molecular flexibility index (Phi) is 6.59. The van der Waals surface area contributed by atoms with Gasteiger partial charge in [0.2, 0.25) is 0 Å². The Bertz CT molecular complexity index is 998. The highest BCUT2D eigenvalue weighted by Gasteiger charge is 2.23. The van der Waals surface area contributed by atoms with Gasteiger partial charge in [0.1, 0.15) is 0 Å². The summed E-state index contributed by atoms with van der Waals surface area (Å²) >= 11 is 5.90. The van der Waals surface area contributed by atoms with Gasteiger partial charge in [0.05, 0.1) is 5.69 Å². The second-order valence-electron chi connectivity index (χ2n) is 7.96. The van der Waals surface area contributed by atoms with Gasteiger partial charge < -0.3 is 20.3 Å². The fourth-order valence-corrected chi connectivity index (χ4v) is 4.00. The van der Waals surface area contributed by atoms with Crippen molar-refractivity contribution in [1.82, 2.24) is 10.2 Å². The van der Waals surface area contributed by atoms with Crippen LogP contribution in [0.2, 0.25) is 5.02 Å². The predicted molar refractivity (Wildman–Crippen MR) is 122 cm³/mol. The Balaban J connectivity index is 1.37. The predicted octanol–water partition coefficient (Wildman–Crippen LogP) is 4.32. The van der Waals surface area contributed by atoms with Gasteiger partial charge >= 0.3 is 0 Å². The zero-order chi connectivity index (χ0) is 21.8. The maximum absolute atomic E-state index is 12.5. The standard InChI is InChI=1S/C24H26ClN3O3/c1-16(28-12-2-3-13-28)10-11-26-23(29)18-6-9-21-20(15-18)27-24(30)22(31-21)14-17-4-7-19(25)8-5-17/h4-9,14-16H,2-3,10-13H2,1H3,(H,26,29)(H,27,30)/b22-14+/t16-/m0/s1. The number of rotatable bonds is 6. The Morgan fingerprint density at radius 2 is 1.97 bits per heavy atom. The highest BCUT2D eigenvalue weighted by molar-refractivity contribution is 6.30. The molecule has 0 radical (unpaired) electrons. The van der Waals surface area contributed by atoms with E-state index in [1.165, 1.54) is 12.8 Å². The summed E-state index contributed by atoms with van der Waals surface area (Å²) in [6.45, 7) is 5.12. The Morgan fingerprint density at radius 1 is 1.23 bits per heavy atom. The third-order valence-corrected chi connectivity index (χ3v) is 5.97. The molecule has 0 aromatic heterocycles. The number of nitrogens with one attached hydrogen (secondary N) is 2. The van der Waals surface area contributed by atoms with Crippen LogP contribution in [0.3, 0.4) is 0 Å². The van der Waals surface area contributed by atoms with Crippen LogP contribution in [0.5, 0.6) is 5.75 Å². The van der Waals surface area contributed by atoms with Crippen LogP contribution in [0, 0.1) is 0 Å². The number of anilines is 1. The lowest BCUT2D eigenvalue weighted by Crippen LogP contribution is -2.34. The van der Waals surface area contributed by atoms with Gasteiger partial charge in [0.25, 0.3) is 11.8 Å². The minimum absolute atomic E-state index is 0.159. The number of fused-ring (bicyclic) bond motifs is 1. The van der Waals surface area contributed by atoms with Crippen LogP contribution in [0.1, 0.15) is 42.1 Å². The van der Waals surface area contributed by atoms with Crippen molar-refractivity contribution in [3.05, 3.63) is 64.4 Å². The molecule has 0 aliphatic carbocycles. The van der Waals surface area contributed by atoms with E-state index in [1.807, 2.05) is 0 Å². The lowest BCUT2D eigenvalue weighted by Gasteiger charge is -2.23. The first-order valence-corrected chi connectivity index (χ1v) is 11.0. The van der Waals surface area contributed by atoms with Crippen LogP contribution in [-0.2, 0) is 4.79 Å². The Hall–Kier alpha value is -2.83. The van der Waals surface area contributed by atoms with Gasteiger partial charge in [0.15, 0.2) is 11.5 Å². The molecule has 1 saturated heterocycles. The van der Waals surface area contributed by atoms with E-state index in [4.69, 9.17) is 16.3 Å². The molecule has 2 aromatic carbocycles. The van der Waals surface area contributed by atoms with Gasteiger partial charge in [-0.05, 0) is 81.2 Å². The van der Waals surface area contributed by atoms with Crippen LogP contribution < -0.4 is 15.4 Å². The van der Waals surface area contributed by atoms with E-state index in [1.54, 1.807) is 48.5 Å². The number of ether oxygens (including phenoxy) is 1. The van der Waals surface area contributed by atoms with E-state index in [9.17, 15) is 9.59 Å². The molecule has 4 rings (SSSR count). The van der Waals surface area contributed by atoms with Crippen LogP contribution >= 0.6 is 11.6 Å². The van der Waals surface area contributed by atoms with E-state index in [2.05, 4.69) is 22.5 Å². The molecule has 1 atom stereocenters. The number of amides is 2. The molecule has 2 aliphatic heterocycles. The van der Waals surface area contributed by atoms with Gasteiger partial charge in [-0.3, -0.25) is 9.59 Å². The molecule has 31 heavy (non-hydrogen) atoms. The summed E-state index contributed by atoms with van der Waals surface area (Å²) in [6, 6.07) is 12.6. The third kappa shape index (κ3) is 5.27. The van der Waals surface area contributed by atoms with E-state index in [0.717, 1.165) is 25.1 Å². The molecule has 1 fully saturated rings. The number of likely N-dealkylation sites (tertiary alicyclic amines) is 1. The number of benzene rings is 2. The van der Waals surface area contributed by atoms with Gasteiger partial charge in [0, 0.05) is 23.2 Å². The minimum atomic E-state index is -0.362. The molecule has 2 heterocycles. The highest BCUT2D eigenvalue weighted by atomic mass is 35.5. The quantitative estimate of drug-likeness (QED) is 0.658. The van der Waals surface area contributed by atoms with Crippen molar-refractivity contribution < 1.29 is 14.3 Å². The third-order valence-electron chi connectivity index (χ3n) is 5.71. The highest BCUT2D eigenvalue weighted by Crippen LogP contribution is 2.32. The molecule has 162 valence electrons. The minimum Gasteiger partial charge on any atom is -0.449 e. The second kappa shape index (κ2) is 9.54. The molecule has 0 unspecified atom stereocenters. The first-order valence-electron chi connectivity index (χ1n) is 10.6. The van der Waals surface area contributed by atoms with E-state index in [0.29, 0.717) is 34.6 Å². The first-order chi connectivity index (χ1) is 15.0. The van der Waals surface area contributed by atoms with Crippen LogP contribution in [-0.4, -0.2) is 42.4 Å². The van der Waals surface area contributed by atoms with Crippen molar-refractivity contribution in [1.29, 1.82) is 0 Å². The molecule has 6 nitrogen and oxygen atoms in total.